The summed E-state index contributed by atoms with van der Waals surface area (Å²) in [6, 6.07) is 15.1. The van der Waals surface area contributed by atoms with Crippen LogP contribution in [-0.4, -0.2) is 207 Å². The fourth-order valence-electron chi connectivity index (χ4n) is 7.75. The molecule has 0 bridgehead atoms. The summed E-state index contributed by atoms with van der Waals surface area (Å²) in [5.74, 6) is 2.55. The van der Waals surface area contributed by atoms with Crippen molar-refractivity contribution in [3.63, 3.8) is 0 Å². The molecule has 122 heavy (non-hydrogen) atoms. The highest BCUT2D eigenvalue weighted by Crippen LogP contribution is 2.28. The second-order valence-electron chi connectivity index (χ2n) is 21.1. The standard InChI is InChI=1S/C11H12ClN5O6S2.C11H12ClN5O3S.C11H12ClN5.C7H12N8O2.C7H8N8.C6H9ClN6O.C6H7ClN6/c1-2-13-10-15-9(12)16-11(17-10)14-7-5-6(24(18,19)20)3-4-8(7)25(21,22)23;1-2-13-10-15-9(12)16-11(17-10)14-7-3-5-8(6-4-7)21(18,19)20;1-2-13-10-15-9(12)16-11(17-10)14-8-6-4-3-5-7-8;1-2-10-5-13-6(11-3(8)16)15-7(14-5)12-4(9)17;1-2-10-5-13-6(11-3-8)15-7(14-5)12-4-9;1-2-9-5-10-3(7)11-6(13-5)12-4(8)14;1-2-9-5-11-4(7)12-6(13-5)10-3-8/h3-5H,2H2,1H3,(H,18,19,20)(H,21,22,23)(H2,13,14,15,16,17);3-6H,2H2,1H3,(H,18,19,20)(H2,13,14,15,16,17);3-7H,2H2,1H3,(H2,13,14,15,16,17);2H2,1H3,(H7,8,9,10,11,12,13,14,15,16,17);2H2,1H3,(H3,10,11,12,13,14,15);2H2,1H3,(H4,8,9,10,11,12,13,14);2H2,1H3,(H2,9,10,11,12,13). The number of benzene rings is 3. The van der Waals surface area contributed by atoms with Gasteiger partial charge in [-0.15, -0.1) is 0 Å². The van der Waals surface area contributed by atoms with Crippen LogP contribution in [0.15, 0.2) is 87.5 Å². The van der Waals surface area contributed by atoms with Crippen LogP contribution in [0, 0.1) is 34.4 Å². The van der Waals surface area contributed by atoms with Crippen LogP contribution in [-0.2, 0) is 30.4 Å². The maximum absolute atomic E-state index is 11.5. The fourth-order valence-corrected chi connectivity index (χ4v) is 10.2. The van der Waals surface area contributed by atoms with Gasteiger partial charge in [-0.05, 0) is 161 Å². The van der Waals surface area contributed by atoms with Crippen molar-refractivity contribution in [1.82, 2.24) is 105 Å². The summed E-state index contributed by atoms with van der Waals surface area (Å²) in [4.78, 5) is 111. The van der Waals surface area contributed by atoms with Gasteiger partial charge >= 0.3 is 18.1 Å². The number of nitrogens with zero attached hydrogens (tertiary/aromatic N) is 24. The second kappa shape index (κ2) is 51.0. The molecule has 0 saturated carbocycles. The third-order valence-corrected chi connectivity index (χ3v) is 15.5. The van der Waals surface area contributed by atoms with E-state index in [0.29, 0.717) is 74.7 Å². The summed E-state index contributed by atoms with van der Waals surface area (Å²) in [5.41, 5.74) is 15.8. The number of anilines is 19. The number of nitrogens with two attached hydrogens (primary N) is 3. The first kappa shape index (κ1) is 99.9. The first-order valence-corrected chi connectivity index (χ1v) is 40.0. The molecule has 10 rings (SSSR count). The molecule has 3 aromatic carbocycles. The SMILES string of the molecule is CCNc1nc(Cl)nc(NC#N)n1.CCNc1nc(Cl)nc(NC(N)=O)n1.CCNc1nc(Cl)nc(Nc2cc(S(=O)(=O)O)ccc2S(=O)(=O)O)n1.CCNc1nc(Cl)nc(Nc2ccc(S(=O)(=O)O)cc2)n1.CCNc1nc(Cl)nc(Nc2ccccc2)n1.CCNc1nc(NC#N)nc(NC#N)n1.CCNc1nc(NC(N)=O)nc(NC(N)=O)n1. The zero-order valence-corrected chi connectivity index (χ0v) is 70.2. The number of para-hydroxylation sites is 1. The first-order valence-electron chi connectivity index (χ1n) is 33.8. The minimum atomic E-state index is -4.71. The number of carbonyl (C=O) groups excluding carboxylic acids is 3. The molecule has 25 N–H and O–H groups in total. The van der Waals surface area contributed by atoms with Crippen molar-refractivity contribution in [3.8, 4) is 18.6 Å². The van der Waals surface area contributed by atoms with Gasteiger partial charge in [-0.25, -0.2) is 14.4 Å². The molecule has 0 fully saturated rings. The lowest BCUT2D eigenvalue weighted by Crippen LogP contribution is -2.24. The zero-order valence-electron chi connectivity index (χ0n) is 64.0. The monoisotopic (exact) mass is 1850 g/mol. The van der Waals surface area contributed by atoms with Crippen molar-refractivity contribution in [1.29, 1.82) is 15.8 Å². The van der Waals surface area contributed by atoms with Crippen LogP contribution in [0.4, 0.5) is 127 Å². The Morgan fingerprint density at radius 2 is 0.557 bits per heavy atom. The topological polar surface area (TPSA) is 827 Å². The van der Waals surface area contributed by atoms with E-state index in [0.717, 1.165) is 30.4 Å². The molecule has 0 atom stereocenters. The van der Waals surface area contributed by atoms with Gasteiger partial charge in [0.1, 0.15) is 4.90 Å². The Balaban J connectivity index is 0.000000302. The van der Waals surface area contributed by atoms with Gasteiger partial charge in [-0.1, -0.05) is 18.2 Å². The molecule has 0 saturated heterocycles. The summed E-state index contributed by atoms with van der Waals surface area (Å²) in [5, 5.41) is 66.7. The van der Waals surface area contributed by atoms with Crippen molar-refractivity contribution >= 4 is 219 Å². The highest BCUT2D eigenvalue weighted by atomic mass is 35.5. The van der Waals surface area contributed by atoms with E-state index >= 15 is 0 Å². The Morgan fingerprint density at radius 1 is 0.320 bits per heavy atom. The minimum Gasteiger partial charge on any atom is -0.354 e. The van der Waals surface area contributed by atoms with Crippen molar-refractivity contribution < 1.29 is 53.3 Å². The number of hydrogen-bond donors (Lipinski definition) is 22. The van der Waals surface area contributed by atoms with Crippen LogP contribution in [0.5, 0.6) is 0 Å². The van der Waals surface area contributed by atoms with Gasteiger partial charge in [0.2, 0.25) is 122 Å². The number of aromatic nitrogens is 21. The normalized spacial score (nSPS) is 10.2. The molecule has 6 amide bonds. The highest BCUT2D eigenvalue weighted by Gasteiger charge is 2.22. The molecule has 7 heterocycles. The summed E-state index contributed by atoms with van der Waals surface area (Å²) in [6.07, 6.45) is 5.05. The van der Waals surface area contributed by atoms with Gasteiger partial charge in [0.15, 0.2) is 18.6 Å². The van der Waals surface area contributed by atoms with Crippen molar-refractivity contribution in [3.05, 3.63) is 99.2 Å². The summed E-state index contributed by atoms with van der Waals surface area (Å²) in [6.45, 7) is 17.4. The minimum absolute atomic E-state index is 0.0142. The van der Waals surface area contributed by atoms with Gasteiger partial charge in [0.25, 0.3) is 30.4 Å². The number of amides is 6. The number of urea groups is 3. The van der Waals surface area contributed by atoms with Crippen LogP contribution < -0.4 is 102 Å². The lowest BCUT2D eigenvalue weighted by molar-refractivity contribution is 0.258. The fraction of sp³-hybridized carbons (Fsp3) is 0.237. The zero-order chi connectivity index (χ0) is 90.5. The third-order valence-electron chi connectivity index (χ3n) is 12.1. The molecule has 0 radical (unpaired) electrons. The molecule has 648 valence electrons. The van der Waals surface area contributed by atoms with E-state index in [4.69, 9.17) is 100 Å². The Bertz CT molecular complexity index is 5580. The number of hydrogen-bond acceptors (Lipinski definition) is 46. The molecular weight excluding hydrogens is 1780 g/mol. The van der Waals surface area contributed by atoms with E-state index < -0.39 is 58.2 Å². The molecule has 10 aromatic rings. The molecule has 0 unspecified atom stereocenters. The summed E-state index contributed by atoms with van der Waals surface area (Å²) >= 11 is 28.5. The molecule has 0 aliphatic heterocycles. The predicted octanol–water partition coefficient (Wildman–Crippen LogP) is 6.51. The Labute approximate surface area is 717 Å². The molecule has 63 heteroatoms. The summed E-state index contributed by atoms with van der Waals surface area (Å²) in [7, 11) is -13.5. The average Bonchev–Trinajstić information content (AvgIpc) is 0.795. The smallest absolute Gasteiger partial charge is 0.319 e. The van der Waals surface area contributed by atoms with Gasteiger partial charge in [-0.3, -0.25) is 45.6 Å². The molecule has 0 aliphatic rings. The van der Waals surface area contributed by atoms with Crippen LogP contribution in [0.25, 0.3) is 0 Å². The van der Waals surface area contributed by atoms with Gasteiger partial charge in [0, 0.05) is 57.2 Å². The lowest BCUT2D eigenvalue weighted by atomic mass is 10.3. The van der Waals surface area contributed by atoms with Crippen LogP contribution in [0.1, 0.15) is 48.5 Å². The molecule has 55 nitrogen and oxygen atoms in total. The number of halogens is 5. The highest BCUT2D eigenvalue weighted by molar-refractivity contribution is 7.86. The van der Waals surface area contributed by atoms with Crippen LogP contribution in [0.2, 0.25) is 26.4 Å². The van der Waals surface area contributed by atoms with Gasteiger partial charge < -0.3 is 70.4 Å². The Hall–Kier alpha value is -14.4. The van der Waals surface area contributed by atoms with E-state index in [-0.39, 0.29) is 102 Å². The number of carbonyl (C=O) groups is 3. The van der Waals surface area contributed by atoms with Crippen molar-refractivity contribution in [2.24, 2.45) is 17.2 Å². The lowest BCUT2D eigenvalue weighted by Gasteiger charge is -2.11. The van der Waals surface area contributed by atoms with Gasteiger partial charge in [-0.2, -0.15) is 146 Å². The second-order valence-corrected chi connectivity index (χ2v) is 27.0. The number of primary amides is 3. The Kier molecular flexibility index (Phi) is 41.8. The van der Waals surface area contributed by atoms with Crippen molar-refractivity contribution in [2.75, 3.05) is 131 Å². The molecule has 0 spiro atoms. The quantitative estimate of drug-likeness (QED) is 0.0135. The number of nitrogens with one attached hydrogen (secondary N) is 16. The molecule has 0 aliphatic carbocycles. The van der Waals surface area contributed by atoms with E-state index in [1.54, 1.807) is 25.5 Å². The maximum Gasteiger partial charge on any atom is 0.319 e. The van der Waals surface area contributed by atoms with E-state index in [1.807, 2.05) is 71.9 Å². The van der Waals surface area contributed by atoms with E-state index in [1.165, 1.54) is 24.3 Å². The van der Waals surface area contributed by atoms with E-state index in [9.17, 15) is 44.2 Å². The third kappa shape index (κ3) is 38.8. The van der Waals surface area contributed by atoms with Crippen molar-refractivity contribution in [2.45, 2.75) is 63.2 Å². The van der Waals surface area contributed by atoms with Crippen LogP contribution in [0.3, 0.4) is 0 Å². The van der Waals surface area contributed by atoms with Crippen LogP contribution >= 0.6 is 58.0 Å². The largest absolute Gasteiger partial charge is 0.354 e. The van der Waals surface area contributed by atoms with Gasteiger partial charge in [0.05, 0.1) is 15.5 Å². The molecular formula is C59H72Cl5N43O12S3. The maximum atomic E-state index is 11.5. The summed E-state index contributed by atoms with van der Waals surface area (Å²) < 4.78 is 94.5. The molecule has 7 aromatic heterocycles. The predicted molar refractivity (Wildman–Crippen MR) is 449 cm³/mol. The first-order chi connectivity index (χ1) is 57.8. The Morgan fingerprint density at radius 3 is 0.861 bits per heavy atom. The number of rotatable bonds is 29. The van der Waals surface area contributed by atoms with E-state index in [2.05, 4.69) is 190 Å². The number of nitriles is 3. The average molecular weight is 1850 g/mol.